The lowest BCUT2D eigenvalue weighted by atomic mass is 9.86. The molecule has 4 nitrogen and oxygen atoms in total. The van der Waals surface area contributed by atoms with E-state index < -0.39 is 5.91 Å². The summed E-state index contributed by atoms with van der Waals surface area (Å²) in [6.45, 7) is 6.39. The van der Waals surface area contributed by atoms with E-state index in [9.17, 15) is 14.4 Å². The number of hydrogen-bond acceptors (Lipinski definition) is 4. The van der Waals surface area contributed by atoms with Crippen LogP contribution in [0.1, 0.15) is 42.3 Å². The standard InChI is InChI=1S/C24H22FN3OS/c1-24(2,3)19-8-4-16(5-9-19)12-18(14-26)22(29)28-23-27-15-21(30-23)13-17-6-10-20(25)11-7-17/h4-12,15H,13H2,1-3H3,(H,27,28,29)/b18-12+. The van der Waals surface area contributed by atoms with Crippen molar-refractivity contribution in [1.82, 2.24) is 4.98 Å². The highest BCUT2D eigenvalue weighted by Gasteiger charge is 2.14. The Labute approximate surface area is 179 Å². The van der Waals surface area contributed by atoms with E-state index >= 15 is 0 Å². The average molecular weight is 420 g/mol. The summed E-state index contributed by atoms with van der Waals surface area (Å²) in [6, 6.07) is 16.0. The summed E-state index contributed by atoms with van der Waals surface area (Å²) < 4.78 is 13.0. The van der Waals surface area contributed by atoms with Gasteiger partial charge in [-0.25, -0.2) is 9.37 Å². The van der Waals surface area contributed by atoms with Gasteiger partial charge in [-0.05, 0) is 40.3 Å². The fourth-order valence-electron chi connectivity index (χ4n) is 2.81. The lowest BCUT2D eigenvalue weighted by molar-refractivity contribution is -0.112. The summed E-state index contributed by atoms with van der Waals surface area (Å²) in [5.74, 6) is -0.778. The topological polar surface area (TPSA) is 65.8 Å². The predicted octanol–water partition coefficient (Wildman–Crippen LogP) is 5.72. The monoisotopic (exact) mass is 419 g/mol. The number of nitrogens with zero attached hydrogens (tertiary/aromatic N) is 2. The van der Waals surface area contributed by atoms with Crippen molar-refractivity contribution in [2.45, 2.75) is 32.6 Å². The zero-order valence-electron chi connectivity index (χ0n) is 17.1. The Bertz CT molecular complexity index is 1100. The summed E-state index contributed by atoms with van der Waals surface area (Å²) in [7, 11) is 0. The molecule has 0 fully saturated rings. The van der Waals surface area contributed by atoms with E-state index in [0.717, 1.165) is 16.0 Å². The largest absolute Gasteiger partial charge is 0.297 e. The molecule has 152 valence electrons. The number of thiazole rings is 1. The SMILES string of the molecule is CC(C)(C)c1ccc(/C=C(\C#N)C(=O)Nc2ncc(Cc3ccc(F)cc3)s2)cc1. The number of rotatable bonds is 5. The molecule has 0 saturated heterocycles. The first-order chi connectivity index (χ1) is 14.2. The molecule has 0 atom stereocenters. The van der Waals surface area contributed by atoms with E-state index in [1.54, 1.807) is 24.4 Å². The summed E-state index contributed by atoms with van der Waals surface area (Å²) in [5.41, 5.74) is 2.96. The van der Waals surface area contributed by atoms with E-state index in [1.807, 2.05) is 30.3 Å². The summed E-state index contributed by atoms with van der Waals surface area (Å²) in [5, 5.41) is 12.5. The molecule has 1 amide bonds. The Morgan fingerprint density at radius 2 is 1.83 bits per heavy atom. The maximum Gasteiger partial charge on any atom is 0.268 e. The molecule has 0 aliphatic carbocycles. The highest BCUT2D eigenvalue weighted by Crippen LogP contribution is 2.24. The third kappa shape index (κ3) is 5.62. The van der Waals surface area contributed by atoms with Crippen LogP contribution in [0.2, 0.25) is 0 Å². The van der Waals surface area contributed by atoms with E-state index in [1.165, 1.54) is 29.0 Å². The first-order valence-electron chi connectivity index (χ1n) is 9.47. The zero-order valence-corrected chi connectivity index (χ0v) is 17.9. The fourth-order valence-corrected chi connectivity index (χ4v) is 3.65. The Kier molecular flexibility index (Phi) is 6.43. The summed E-state index contributed by atoms with van der Waals surface area (Å²) >= 11 is 1.33. The van der Waals surface area contributed by atoms with Crippen LogP contribution in [-0.4, -0.2) is 10.9 Å². The number of aromatic nitrogens is 1. The van der Waals surface area contributed by atoms with Crippen LogP contribution in [0.4, 0.5) is 9.52 Å². The molecule has 0 aliphatic heterocycles. The van der Waals surface area contributed by atoms with Gasteiger partial charge in [0, 0.05) is 17.5 Å². The van der Waals surface area contributed by atoms with Gasteiger partial charge in [0.1, 0.15) is 17.5 Å². The highest BCUT2D eigenvalue weighted by molar-refractivity contribution is 7.15. The van der Waals surface area contributed by atoms with E-state index in [2.05, 4.69) is 31.1 Å². The van der Waals surface area contributed by atoms with Crippen molar-refractivity contribution in [2.75, 3.05) is 5.32 Å². The summed E-state index contributed by atoms with van der Waals surface area (Å²) in [6.07, 6.45) is 3.83. The second-order valence-corrected chi connectivity index (χ2v) is 9.05. The minimum absolute atomic E-state index is 0.00814. The average Bonchev–Trinajstić information content (AvgIpc) is 3.14. The van der Waals surface area contributed by atoms with Crippen molar-refractivity contribution in [3.05, 3.63) is 87.7 Å². The second kappa shape index (κ2) is 9.02. The fraction of sp³-hybridized carbons (Fsp3) is 0.208. The van der Waals surface area contributed by atoms with E-state index in [4.69, 9.17) is 0 Å². The van der Waals surface area contributed by atoms with Crippen LogP contribution in [0.15, 0.2) is 60.3 Å². The maximum atomic E-state index is 13.0. The Morgan fingerprint density at radius 1 is 1.17 bits per heavy atom. The lowest BCUT2D eigenvalue weighted by Gasteiger charge is -2.18. The zero-order chi connectivity index (χ0) is 21.7. The van der Waals surface area contributed by atoms with Gasteiger partial charge < -0.3 is 0 Å². The molecule has 0 aliphatic rings. The molecular formula is C24H22FN3OS. The minimum Gasteiger partial charge on any atom is -0.297 e. The number of nitriles is 1. The number of halogens is 1. The van der Waals surface area contributed by atoms with Gasteiger partial charge in [0.05, 0.1) is 0 Å². The third-order valence-corrected chi connectivity index (χ3v) is 5.43. The van der Waals surface area contributed by atoms with Gasteiger partial charge in [0.25, 0.3) is 5.91 Å². The molecule has 1 aromatic heterocycles. The predicted molar refractivity (Wildman–Crippen MR) is 119 cm³/mol. The molecule has 3 aromatic rings. The maximum absolute atomic E-state index is 13.0. The second-order valence-electron chi connectivity index (χ2n) is 7.93. The van der Waals surface area contributed by atoms with Crippen LogP contribution in [0, 0.1) is 17.1 Å². The van der Waals surface area contributed by atoms with Crippen LogP contribution in [-0.2, 0) is 16.6 Å². The molecule has 1 heterocycles. The Hall–Kier alpha value is -3.30. The molecule has 3 rings (SSSR count). The van der Waals surface area contributed by atoms with E-state index in [0.29, 0.717) is 11.6 Å². The number of nitrogens with one attached hydrogen (secondary N) is 1. The first-order valence-corrected chi connectivity index (χ1v) is 10.3. The Morgan fingerprint density at radius 3 is 2.43 bits per heavy atom. The van der Waals surface area contributed by atoms with Gasteiger partial charge in [-0.3, -0.25) is 10.1 Å². The van der Waals surface area contributed by atoms with Crippen LogP contribution in [0.3, 0.4) is 0 Å². The van der Waals surface area contributed by atoms with Crippen LogP contribution in [0.5, 0.6) is 0 Å². The van der Waals surface area contributed by atoms with Crippen molar-refractivity contribution in [3.63, 3.8) is 0 Å². The number of amides is 1. The van der Waals surface area contributed by atoms with Gasteiger partial charge in [0.2, 0.25) is 0 Å². The smallest absolute Gasteiger partial charge is 0.268 e. The van der Waals surface area contributed by atoms with Gasteiger partial charge >= 0.3 is 0 Å². The number of carbonyl (C=O) groups is 1. The molecule has 1 N–H and O–H groups in total. The van der Waals surface area contributed by atoms with Crippen molar-refractivity contribution in [2.24, 2.45) is 0 Å². The quantitative estimate of drug-likeness (QED) is 0.425. The minimum atomic E-state index is -0.500. The van der Waals surface area contributed by atoms with Gasteiger partial charge in [0.15, 0.2) is 5.13 Å². The highest BCUT2D eigenvalue weighted by atomic mass is 32.1. The van der Waals surface area contributed by atoms with Crippen LogP contribution >= 0.6 is 11.3 Å². The molecule has 0 unspecified atom stereocenters. The normalized spacial score (nSPS) is 11.8. The number of benzene rings is 2. The summed E-state index contributed by atoms with van der Waals surface area (Å²) in [4.78, 5) is 17.6. The molecule has 6 heteroatoms. The van der Waals surface area contributed by atoms with Crippen molar-refractivity contribution >= 4 is 28.5 Å². The number of hydrogen-bond donors (Lipinski definition) is 1. The molecule has 0 radical (unpaired) electrons. The van der Waals surface area contributed by atoms with Gasteiger partial charge in [-0.2, -0.15) is 5.26 Å². The molecule has 0 spiro atoms. The van der Waals surface area contributed by atoms with E-state index in [-0.39, 0.29) is 16.8 Å². The van der Waals surface area contributed by atoms with Crippen LogP contribution < -0.4 is 5.32 Å². The number of anilines is 1. The molecule has 0 bridgehead atoms. The molecular weight excluding hydrogens is 397 g/mol. The Balaban J connectivity index is 1.68. The molecule has 2 aromatic carbocycles. The lowest BCUT2D eigenvalue weighted by Crippen LogP contribution is -2.13. The van der Waals surface area contributed by atoms with Crippen molar-refractivity contribution in [1.29, 1.82) is 5.26 Å². The van der Waals surface area contributed by atoms with Gasteiger partial charge in [-0.15, -0.1) is 11.3 Å². The molecule has 0 saturated carbocycles. The van der Waals surface area contributed by atoms with Crippen molar-refractivity contribution in [3.8, 4) is 6.07 Å². The third-order valence-electron chi connectivity index (χ3n) is 4.52. The first kappa shape index (κ1) is 21.4. The van der Waals surface area contributed by atoms with Crippen molar-refractivity contribution < 1.29 is 9.18 Å². The van der Waals surface area contributed by atoms with Crippen LogP contribution in [0.25, 0.3) is 6.08 Å². The molecule has 30 heavy (non-hydrogen) atoms. The number of carbonyl (C=O) groups excluding carboxylic acids is 1. The van der Waals surface area contributed by atoms with Gasteiger partial charge in [-0.1, -0.05) is 57.2 Å².